The van der Waals surface area contributed by atoms with Gasteiger partial charge < -0.3 is 30.8 Å². The van der Waals surface area contributed by atoms with Crippen LogP contribution in [-0.2, 0) is 9.47 Å². The van der Waals surface area contributed by atoms with E-state index in [9.17, 15) is 0 Å². The molecule has 0 saturated carbocycles. The van der Waals surface area contributed by atoms with Gasteiger partial charge in [0, 0.05) is 0 Å². The highest BCUT2D eigenvalue weighted by atomic mass is 35.5. The van der Waals surface area contributed by atoms with Gasteiger partial charge in [-0.2, -0.15) is 0 Å². The van der Waals surface area contributed by atoms with Gasteiger partial charge in [0.2, 0.25) is 0 Å². The number of halogens is 1. The molecule has 0 aromatic heterocycles. The van der Waals surface area contributed by atoms with Crippen molar-refractivity contribution in [1.82, 2.24) is 0 Å². The van der Waals surface area contributed by atoms with Crippen molar-refractivity contribution in [1.29, 1.82) is 0 Å². The van der Waals surface area contributed by atoms with Crippen molar-refractivity contribution >= 4 is 0 Å². The van der Waals surface area contributed by atoms with Gasteiger partial charge in [-0.05, 0) is 6.92 Å². The Balaban J connectivity index is 0.00000120. The number of nitrogens with zero attached hydrogens (tertiary/aromatic N) is 2. The fourth-order valence-corrected chi connectivity index (χ4v) is 3.36. The molecule has 3 saturated heterocycles. The fraction of sp³-hybridized carbons (Fsp3) is 1.00. The van der Waals surface area contributed by atoms with Crippen LogP contribution >= 0.6 is 0 Å². The summed E-state index contributed by atoms with van der Waals surface area (Å²) >= 11 is 0. The Kier molecular flexibility index (Phi) is 3.96. The van der Waals surface area contributed by atoms with Crippen LogP contribution in [0.5, 0.6) is 0 Å². The molecule has 5 heteroatoms. The highest BCUT2D eigenvalue weighted by molar-refractivity contribution is 4.73. The zero-order valence-corrected chi connectivity index (χ0v) is 12.5. The summed E-state index contributed by atoms with van der Waals surface area (Å²) in [5.74, 6) is 0. The Morgan fingerprint density at radius 3 is 2.06 bits per heavy atom. The number of epoxide rings is 2. The van der Waals surface area contributed by atoms with E-state index >= 15 is 0 Å². The van der Waals surface area contributed by atoms with E-state index in [0.717, 1.165) is 19.3 Å². The van der Waals surface area contributed by atoms with Gasteiger partial charge in [-0.3, -0.25) is 0 Å². The minimum Gasteiger partial charge on any atom is -1.00 e. The van der Waals surface area contributed by atoms with Crippen LogP contribution in [0.4, 0.5) is 0 Å². The van der Waals surface area contributed by atoms with Crippen molar-refractivity contribution in [2.24, 2.45) is 0 Å². The van der Waals surface area contributed by atoms with E-state index in [4.69, 9.17) is 9.47 Å². The number of hydrogen-bond acceptors (Lipinski definition) is 2. The van der Waals surface area contributed by atoms with Gasteiger partial charge in [0.15, 0.2) is 0 Å². The Morgan fingerprint density at radius 2 is 1.56 bits per heavy atom. The van der Waals surface area contributed by atoms with Crippen LogP contribution in [0.25, 0.3) is 0 Å². The molecule has 0 amide bonds. The second kappa shape index (κ2) is 4.91. The van der Waals surface area contributed by atoms with Gasteiger partial charge in [-0.25, -0.2) is 0 Å². The van der Waals surface area contributed by atoms with Gasteiger partial charge in [0.05, 0.1) is 27.3 Å². The highest BCUT2D eigenvalue weighted by Crippen LogP contribution is 2.27. The molecule has 0 bridgehead atoms. The molecule has 0 aliphatic carbocycles. The molecule has 3 aliphatic heterocycles. The maximum Gasteiger partial charge on any atom is 0.136 e. The predicted octanol–water partition coefficient (Wildman–Crippen LogP) is -2.92. The first-order chi connectivity index (χ1) is 7.99. The minimum absolute atomic E-state index is 0. The maximum atomic E-state index is 5.41. The van der Waals surface area contributed by atoms with Gasteiger partial charge in [0.25, 0.3) is 0 Å². The van der Waals surface area contributed by atoms with E-state index in [0.29, 0.717) is 12.2 Å². The molecule has 5 unspecified atom stereocenters. The molecule has 0 N–H and O–H groups in total. The molecular weight excluding hydrogens is 252 g/mol. The van der Waals surface area contributed by atoms with Crippen molar-refractivity contribution < 1.29 is 30.8 Å². The SMILES string of the molecule is CC1C[N+](C)(CC2CO2)CC[N+]1(C)CC1CO1.[Cl-]. The molecule has 0 aromatic rings. The van der Waals surface area contributed by atoms with E-state index in [1.54, 1.807) is 0 Å². The van der Waals surface area contributed by atoms with Crippen LogP contribution in [0.15, 0.2) is 0 Å². The molecule has 3 fully saturated rings. The molecule has 4 nitrogen and oxygen atoms in total. The van der Waals surface area contributed by atoms with E-state index in [1.165, 1.54) is 41.7 Å². The summed E-state index contributed by atoms with van der Waals surface area (Å²) in [6.07, 6.45) is 1.10. The average molecular weight is 278 g/mol. The molecule has 106 valence electrons. The van der Waals surface area contributed by atoms with Crippen molar-refractivity contribution in [2.45, 2.75) is 25.2 Å². The summed E-state index contributed by atoms with van der Waals surface area (Å²) in [5, 5.41) is 0. The number of likely N-dealkylation sites (N-methyl/N-ethyl adjacent to an activating group) is 2. The summed E-state index contributed by atoms with van der Waals surface area (Å²) < 4.78 is 13.2. The van der Waals surface area contributed by atoms with Gasteiger partial charge in [0.1, 0.15) is 51.0 Å². The Hall–Kier alpha value is 0.130. The molecule has 5 atom stereocenters. The van der Waals surface area contributed by atoms with Crippen molar-refractivity contribution in [3.63, 3.8) is 0 Å². The van der Waals surface area contributed by atoms with E-state index in [-0.39, 0.29) is 12.4 Å². The largest absolute Gasteiger partial charge is 1.00 e. The maximum absolute atomic E-state index is 5.41. The van der Waals surface area contributed by atoms with Gasteiger partial charge in [-0.15, -0.1) is 0 Å². The number of quaternary nitrogens is 2. The number of hydrogen-bond donors (Lipinski definition) is 0. The fourth-order valence-electron chi connectivity index (χ4n) is 3.36. The van der Waals surface area contributed by atoms with Crippen LogP contribution in [0, 0.1) is 0 Å². The smallest absolute Gasteiger partial charge is 0.136 e. The van der Waals surface area contributed by atoms with Gasteiger partial charge in [-0.1, -0.05) is 0 Å². The summed E-state index contributed by atoms with van der Waals surface area (Å²) in [4.78, 5) is 0. The van der Waals surface area contributed by atoms with Gasteiger partial charge >= 0.3 is 0 Å². The Labute approximate surface area is 116 Å². The number of ether oxygens (including phenoxy) is 2. The third-order valence-corrected chi connectivity index (χ3v) is 4.99. The first-order valence-electron chi connectivity index (χ1n) is 6.90. The lowest BCUT2D eigenvalue weighted by Gasteiger charge is -2.50. The molecule has 18 heavy (non-hydrogen) atoms. The van der Waals surface area contributed by atoms with E-state index < -0.39 is 0 Å². The Morgan fingerprint density at radius 1 is 1.00 bits per heavy atom. The monoisotopic (exact) mass is 277 g/mol. The first-order valence-corrected chi connectivity index (χ1v) is 6.90. The molecule has 0 spiro atoms. The van der Waals surface area contributed by atoms with Crippen LogP contribution in [-0.4, -0.2) is 87.2 Å². The van der Waals surface area contributed by atoms with Crippen LogP contribution in [0.3, 0.4) is 0 Å². The van der Waals surface area contributed by atoms with Crippen LogP contribution < -0.4 is 12.4 Å². The zero-order chi connectivity index (χ0) is 12.1. The normalized spacial score (nSPS) is 50.5. The molecule has 0 aromatic carbocycles. The first kappa shape index (κ1) is 14.5. The second-order valence-corrected chi connectivity index (χ2v) is 6.85. The van der Waals surface area contributed by atoms with Crippen molar-refractivity contribution in [3.8, 4) is 0 Å². The summed E-state index contributed by atoms with van der Waals surface area (Å²) in [5.41, 5.74) is 0. The van der Waals surface area contributed by atoms with Crippen molar-refractivity contribution in [2.75, 3.05) is 60.0 Å². The number of piperazine rings is 1. The zero-order valence-electron chi connectivity index (χ0n) is 11.8. The van der Waals surface area contributed by atoms with Crippen LogP contribution in [0.2, 0.25) is 0 Å². The van der Waals surface area contributed by atoms with Crippen molar-refractivity contribution in [3.05, 3.63) is 0 Å². The second-order valence-electron chi connectivity index (χ2n) is 6.85. The Bertz CT molecular complexity index is 309. The topological polar surface area (TPSA) is 25.1 Å². The quantitative estimate of drug-likeness (QED) is 0.407. The lowest BCUT2D eigenvalue weighted by Crippen LogP contribution is -3.00. The molecule has 3 aliphatic rings. The van der Waals surface area contributed by atoms with Crippen LogP contribution in [0.1, 0.15) is 6.92 Å². The lowest BCUT2D eigenvalue weighted by molar-refractivity contribution is -1.03. The summed E-state index contributed by atoms with van der Waals surface area (Å²) in [6, 6.07) is 0.733. The third kappa shape index (κ3) is 3.17. The lowest BCUT2D eigenvalue weighted by atomic mass is 10.1. The van der Waals surface area contributed by atoms with E-state index in [2.05, 4.69) is 21.0 Å². The van der Waals surface area contributed by atoms with E-state index in [1.807, 2.05) is 0 Å². The summed E-state index contributed by atoms with van der Waals surface area (Å²) in [7, 11) is 4.80. The highest BCUT2D eigenvalue weighted by Gasteiger charge is 2.47. The third-order valence-electron chi connectivity index (χ3n) is 4.99. The number of rotatable bonds is 4. The predicted molar refractivity (Wildman–Crippen MR) is 65.6 cm³/mol. The molecule has 3 rings (SSSR count). The molecule has 0 radical (unpaired) electrons. The minimum atomic E-state index is 0. The molecule has 3 heterocycles. The summed E-state index contributed by atoms with van der Waals surface area (Å²) in [6.45, 7) is 10.7. The molecular formula is C13H26ClN2O2+. The standard InChI is InChI=1S/C13H26N2O2.ClH/c1-11-6-14(2,7-12-9-16-12)4-5-15(11,3)8-13-10-17-13;/h11-13H,4-10H2,1-3H3;1H/q+2;/p-1. The average Bonchev–Trinajstić information content (AvgIpc) is 3.10.